The molecule has 5 heteroatoms. The second kappa shape index (κ2) is 5.04. The molecule has 0 heterocycles. The minimum absolute atomic E-state index is 0.115. The van der Waals surface area contributed by atoms with E-state index in [-0.39, 0.29) is 15.8 Å². The van der Waals surface area contributed by atoms with E-state index < -0.39 is 5.82 Å². The van der Waals surface area contributed by atoms with E-state index in [1.54, 1.807) is 12.1 Å². The maximum absolute atomic E-state index is 13.9. The maximum atomic E-state index is 13.9. The standard InChI is InChI=1S/C13H9Cl2FO2/c1-18-7-2-3-8(12(16)4-7)9-5-11(15)13(17)6-10(9)14/h2-6,17H,1H3. The number of benzene rings is 2. The Balaban J connectivity index is 2.58. The highest BCUT2D eigenvalue weighted by atomic mass is 35.5. The van der Waals surface area contributed by atoms with Gasteiger partial charge in [-0.1, -0.05) is 23.2 Å². The van der Waals surface area contributed by atoms with Crippen molar-refractivity contribution in [3.63, 3.8) is 0 Å². The molecule has 0 saturated carbocycles. The quantitative estimate of drug-likeness (QED) is 0.880. The zero-order chi connectivity index (χ0) is 13.3. The molecule has 0 aliphatic carbocycles. The van der Waals surface area contributed by atoms with Crippen molar-refractivity contribution in [2.45, 2.75) is 0 Å². The summed E-state index contributed by atoms with van der Waals surface area (Å²) in [7, 11) is 1.46. The lowest BCUT2D eigenvalue weighted by atomic mass is 10.0. The number of phenolic OH excluding ortho intramolecular Hbond substituents is 1. The van der Waals surface area contributed by atoms with Crippen LogP contribution in [0, 0.1) is 5.82 Å². The Morgan fingerprint density at radius 3 is 2.39 bits per heavy atom. The molecule has 0 aliphatic heterocycles. The van der Waals surface area contributed by atoms with E-state index in [1.165, 1.54) is 25.3 Å². The maximum Gasteiger partial charge on any atom is 0.135 e. The lowest BCUT2D eigenvalue weighted by molar-refractivity contribution is 0.411. The Morgan fingerprint density at radius 2 is 1.78 bits per heavy atom. The summed E-state index contributed by atoms with van der Waals surface area (Å²) in [5, 5.41) is 9.73. The average molecular weight is 287 g/mol. The van der Waals surface area contributed by atoms with Gasteiger partial charge in [0.05, 0.1) is 17.2 Å². The van der Waals surface area contributed by atoms with E-state index in [0.29, 0.717) is 16.9 Å². The summed E-state index contributed by atoms with van der Waals surface area (Å²) in [5.74, 6) is -0.199. The first-order valence-corrected chi connectivity index (χ1v) is 5.80. The number of hydrogen-bond acceptors (Lipinski definition) is 2. The molecule has 0 saturated heterocycles. The highest BCUT2D eigenvalue weighted by Gasteiger charge is 2.13. The van der Waals surface area contributed by atoms with Gasteiger partial charge in [-0.05, 0) is 18.2 Å². The first-order valence-electron chi connectivity index (χ1n) is 5.05. The summed E-state index contributed by atoms with van der Waals surface area (Å²) >= 11 is 11.8. The molecular weight excluding hydrogens is 278 g/mol. The summed E-state index contributed by atoms with van der Waals surface area (Å²) in [6, 6.07) is 7.12. The Labute approximate surface area is 114 Å². The summed E-state index contributed by atoms with van der Waals surface area (Å²) < 4.78 is 18.8. The van der Waals surface area contributed by atoms with Crippen LogP contribution in [-0.4, -0.2) is 12.2 Å². The van der Waals surface area contributed by atoms with Gasteiger partial charge in [-0.2, -0.15) is 0 Å². The largest absolute Gasteiger partial charge is 0.506 e. The molecule has 2 aromatic rings. The van der Waals surface area contributed by atoms with E-state index >= 15 is 0 Å². The van der Waals surface area contributed by atoms with Gasteiger partial charge in [-0.25, -0.2) is 4.39 Å². The number of methoxy groups -OCH3 is 1. The van der Waals surface area contributed by atoms with Crippen molar-refractivity contribution in [2.24, 2.45) is 0 Å². The molecule has 0 unspecified atom stereocenters. The number of hydrogen-bond donors (Lipinski definition) is 1. The molecule has 2 rings (SSSR count). The van der Waals surface area contributed by atoms with E-state index in [4.69, 9.17) is 27.9 Å². The second-order valence-corrected chi connectivity index (χ2v) is 4.44. The first-order chi connectivity index (χ1) is 8.52. The highest BCUT2D eigenvalue weighted by molar-refractivity contribution is 6.36. The number of phenols is 1. The molecule has 94 valence electrons. The lowest BCUT2D eigenvalue weighted by Gasteiger charge is -2.09. The molecular formula is C13H9Cl2FO2. The SMILES string of the molecule is COc1ccc(-c2cc(Cl)c(O)cc2Cl)c(F)c1. The van der Waals surface area contributed by atoms with Crippen molar-refractivity contribution in [1.82, 2.24) is 0 Å². The predicted octanol–water partition coefficient (Wildman–Crippen LogP) is 4.51. The Kier molecular flexibility index (Phi) is 3.64. The summed E-state index contributed by atoms with van der Waals surface area (Å²) in [6.07, 6.45) is 0. The zero-order valence-corrected chi connectivity index (χ0v) is 10.9. The monoisotopic (exact) mass is 286 g/mol. The van der Waals surface area contributed by atoms with Gasteiger partial charge in [0, 0.05) is 23.3 Å². The molecule has 18 heavy (non-hydrogen) atoms. The third kappa shape index (κ3) is 2.37. The van der Waals surface area contributed by atoms with E-state index in [1.807, 2.05) is 0 Å². The van der Waals surface area contributed by atoms with Crippen LogP contribution < -0.4 is 4.74 Å². The van der Waals surface area contributed by atoms with Gasteiger partial charge in [0.25, 0.3) is 0 Å². The molecule has 0 amide bonds. The van der Waals surface area contributed by atoms with Gasteiger partial charge in [0.15, 0.2) is 0 Å². The topological polar surface area (TPSA) is 29.5 Å². The summed E-state index contributed by atoms with van der Waals surface area (Å²) in [5.41, 5.74) is 0.710. The third-order valence-corrected chi connectivity index (χ3v) is 3.12. The molecule has 0 aromatic heterocycles. The van der Waals surface area contributed by atoms with Gasteiger partial charge < -0.3 is 9.84 Å². The molecule has 2 aromatic carbocycles. The number of rotatable bonds is 2. The van der Waals surface area contributed by atoms with Crippen LogP contribution >= 0.6 is 23.2 Å². The van der Waals surface area contributed by atoms with E-state index in [2.05, 4.69) is 0 Å². The van der Waals surface area contributed by atoms with Crippen molar-refractivity contribution in [2.75, 3.05) is 7.11 Å². The van der Waals surface area contributed by atoms with Gasteiger partial charge in [-0.15, -0.1) is 0 Å². The fourth-order valence-electron chi connectivity index (χ4n) is 1.58. The van der Waals surface area contributed by atoms with Crippen LogP contribution in [0.5, 0.6) is 11.5 Å². The average Bonchev–Trinajstić information content (AvgIpc) is 2.34. The third-order valence-electron chi connectivity index (χ3n) is 2.50. The first kappa shape index (κ1) is 13.0. The summed E-state index contributed by atoms with van der Waals surface area (Å²) in [4.78, 5) is 0. The molecule has 2 nitrogen and oxygen atoms in total. The van der Waals surface area contributed by atoms with Gasteiger partial charge in [0.2, 0.25) is 0 Å². The predicted molar refractivity (Wildman–Crippen MR) is 70.1 cm³/mol. The number of aromatic hydroxyl groups is 1. The normalized spacial score (nSPS) is 10.4. The van der Waals surface area contributed by atoms with Crippen molar-refractivity contribution < 1.29 is 14.2 Å². The Morgan fingerprint density at radius 1 is 1.06 bits per heavy atom. The van der Waals surface area contributed by atoms with Gasteiger partial charge >= 0.3 is 0 Å². The Hall–Kier alpha value is -1.45. The van der Waals surface area contributed by atoms with Crippen molar-refractivity contribution >= 4 is 23.2 Å². The molecule has 0 radical (unpaired) electrons. The van der Waals surface area contributed by atoms with Crippen LogP contribution in [0.15, 0.2) is 30.3 Å². The molecule has 0 atom stereocenters. The van der Waals surface area contributed by atoms with Crippen LogP contribution in [0.2, 0.25) is 10.0 Å². The van der Waals surface area contributed by atoms with E-state index in [0.717, 1.165) is 0 Å². The van der Waals surface area contributed by atoms with Crippen molar-refractivity contribution in [3.8, 4) is 22.6 Å². The van der Waals surface area contributed by atoms with Gasteiger partial charge in [0.1, 0.15) is 17.3 Å². The molecule has 1 N–H and O–H groups in total. The fraction of sp³-hybridized carbons (Fsp3) is 0.0769. The molecule has 0 bridgehead atoms. The molecule has 0 fully saturated rings. The minimum Gasteiger partial charge on any atom is -0.506 e. The van der Waals surface area contributed by atoms with Crippen molar-refractivity contribution in [3.05, 3.63) is 46.2 Å². The van der Waals surface area contributed by atoms with Crippen molar-refractivity contribution in [1.29, 1.82) is 0 Å². The summed E-state index contributed by atoms with van der Waals surface area (Å²) in [6.45, 7) is 0. The van der Waals surface area contributed by atoms with Crippen LogP contribution in [0.1, 0.15) is 0 Å². The molecule has 0 spiro atoms. The number of halogens is 3. The van der Waals surface area contributed by atoms with Crippen LogP contribution in [0.3, 0.4) is 0 Å². The smallest absolute Gasteiger partial charge is 0.135 e. The minimum atomic E-state index is -0.474. The van der Waals surface area contributed by atoms with Crippen LogP contribution in [0.4, 0.5) is 4.39 Å². The van der Waals surface area contributed by atoms with Crippen LogP contribution in [0.25, 0.3) is 11.1 Å². The lowest BCUT2D eigenvalue weighted by Crippen LogP contribution is -1.89. The number of ether oxygens (including phenoxy) is 1. The second-order valence-electron chi connectivity index (χ2n) is 3.63. The zero-order valence-electron chi connectivity index (χ0n) is 9.38. The van der Waals surface area contributed by atoms with E-state index in [9.17, 15) is 9.50 Å². The molecule has 0 aliphatic rings. The highest BCUT2D eigenvalue weighted by Crippen LogP contribution is 2.37. The van der Waals surface area contributed by atoms with Gasteiger partial charge in [-0.3, -0.25) is 0 Å². The fourth-order valence-corrected chi connectivity index (χ4v) is 2.01. The van der Waals surface area contributed by atoms with Crippen LogP contribution in [-0.2, 0) is 0 Å². The Bertz CT molecular complexity index is 600.